The van der Waals surface area contributed by atoms with Gasteiger partial charge in [0.25, 0.3) is 0 Å². The summed E-state index contributed by atoms with van der Waals surface area (Å²) in [5.41, 5.74) is 8.78. The van der Waals surface area contributed by atoms with Crippen LogP contribution in [0.15, 0.2) is 18.2 Å². The second kappa shape index (κ2) is 5.09. The van der Waals surface area contributed by atoms with Gasteiger partial charge in [-0.25, -0.2) is 4.39 Å². The van der Waals surface area contributed by atoms with Crippen molar-refractivity contribution in [2.45, 2.75) is 31.6 Å². The number of hydrogen-bond donors (Lipinski definition) is 1. The molecule has 1 aliphatic rings. The summed E-state index contributed by atoms with van der Waals surface area (Å²) < 4.78 is 14.9. The van der Waals surface area contributed by atoms with Gasteiger partial charge in [-0.2, -0.15) is 5.10 Å². The monoisotopic (exact) mass is 293 g/mol. The van der Waals surface area contributed by atoms with Crippen LogP contribution in [0.5, 0.6) is 0 Å². The van der Waals surface area contributed by atoms with E-state index in [1.807, 2.05) is 7.05 Å². The molecule has 1 saturated carbocycles. The second-order valence-corrected chi connectivity index (χ2v) is 5.78. The first-order chi connectivity index (χ1) is 9.58. The number of nitrogen functional groups attached to an aromatic ring is 1. The zero-order valence-corrected chi connectivity index (χ0v) is 12.1. The van der Waals surface area contributed by atoms with Gasteiger partial charge >= 0.3 is 0 Å². The van der Waals surface area contributed by atoms with Crippen LogP contribution in [0, 0.1) is 5.82 Å². The Balaban J connectivity index is 2.16. The summed E-state index contributed by atoms with van der Waals surface area (Å²) in [6, 6.07) is 4.41. The number of halogens is 2. The highest BCUT2D eigenvalue weighted by atomic mass is 35.5. The van der Waals surface area contributed by atoms with E-state index in [2.05, 4.69) is 5.10 Å². The molecule has 0 saturated heterocycles. The molecule has 0 atom stereocenters. The molecule has 1 fully saturated rings. The summed E-state index contributed by atoms with van der Waals surface area (Å²) in [6.07, 6.45) is 4.69. The lowest BCUT2D eigenvalue weighted by Gasteiger charge is -2.10. The minimum Gasteiger partial charge on any atom is -0.383 e. The molecule has 0 bridgehead atoms. The highest BCUT2D eigenvalue weighted by Crippen LogP contribution is 2.42. The number of aryl methyl sites for hydroxylation is 1. The molecule has 1 heterocycles. The van der Waals surface area contributed by atoms with E-state index in [1.54, 1.807) is 10.7 Å². The molecule has 0 amide bonds. The minimum atomic E-state index is -0.344. The Morgan fingerprint density at radius 1 is 1.35 bits per heavy atom. The summed E-state index contributed by atoms with van der Waals surface area (Å²) in [6.45, 7) is 0. The summed E-state index contributed by atoms with van der Waals surface area (Å²) in [5.74, 6) is 0.665. The lowest BCUT2D eigenvalue weighted by molar-refractivity contribution is 0.628. The Morgan fingerprint density at radius 3 is 2.70 bits per heavy atom. The molecular weight excluding hydrogens is 277 g/mol. The first-order valence-electron chi connectivity index (χ1n) is 6.85. The molecule has 2 aromatic rings. The summed E-state index contributed by atoms with van der Waals surface area (Å²) >= 11 is 6.19. The zero-order chi connectivity index (χ0) is 14.3. The van der Waals surface area contributed by atoms with Crippen LogP contribution in [0.25, 0.3) is 11.1 Å². The number of anilines is 1. The maximum Gasteiger partial charge on any atom is 0.129 e. The van der Waals surface area contributed by atoms with E-state index in [0.29, 0.717) is 16.8 Å². The molecule has 0 aliphatic heterocycles. The second-order valence-electron chi connectivity index (χ2n) is 5.37. The highest BCUT2D eigenvalue weighted by Gasteiger charge is 2.27. The van der Waals surface area contributed by atoms with E-state index in [-0.39, 0.29) is 5.82 Å². The van der Waals surface area contributed by atoms with E-state index in [0.717, 1.165) is 29.7 Å². The van der Waals surface area contributed by atoms with Gasteiger partial charge in [-0.15, -0.1) is 0 Å². The van der Waals surface area contributed by atoms with Gasteiger partial charge in [0.05, 0.1) is 10.7 Å². The Morgan fingerprint density at radius 2 is 2.05 bits per heavy atom. The van der Waals surface area contributed by atoms with Gasteiger partial charge in [0.15, 0.2) is 0 Å². The van der Waals surface area contributed by atoms with Crippen LogP contribution in [-0.2, 0) is 7.05 Å². The van der Waals surface area contributed by atoms with Crippen molar-refractivity contribution >= 4 is 17.4 Å². The third-order valence-corrected chi connectivity index (χ3v) is 4.37. The molecule has 1 aromatic heterocycles. The fourth-order valence-electron chi connectivity index (χ4n) is 3.01. The molecule has 3 nitrogen and oxygen atoms in total. The van der Waals surface area contributed by atoms with Crippen molar-refractivity contribution in [3.05, 3.63) is 34.7 Å². The van der Waals surface area contributed by atoms with Gasteiger partial charge in [0, 0.05) is 24.1 Å². The van der Waals surface area contributed by atoms with Crippen molar-refractivity contribution in [3.8, 4) is 11.1 Å². The summed E-state index contributed by atoms with van der Waals surface area (Å²) in [5, 5.41) is 4.95. The van der Waals surface area contributed by atoms with Crippen LogP contribution in [0.2, 0.25) is 5.02 Å². The predicted molar refractivity (Wildman–Crippen MR) is 79.2 cm³/mol. The Labute approximate surface area is 122 Å². The van der Waals surface area contributed by atoms with Crippen molar-refractivity contribution in [1.82, 2.24) is 9.78 Å². The van der Waals surface area contributed by atoms with Gasteiger partial charge in [-0.3, -0.25) is 4.68 Å². The third kappa shape index (κ3) is 2.18. The number of rotatable bonds is 2. The van der Waals surface area contributed by atoms with Crippen molar-refractivity contribution in [2.75, 3.05) is 5.73 Å². The van der Waals surface area contributed by atoms with Gasteiger partial charge in [0.1, 0.15) is 11.6 Å². The molecule has 3 rings (SSSR count). The zero-order valence-electron chi connectivity index (χ0n) is 11.4. The Kier molecular flexibility index (Phi) is 3.42. The smallest absolute Gasteiger partial charge is 0.129 e. The molecule has 0 spiro atoms. The normalized spacial score (nSPS) is 15.9. The van der Waals surface area contributed by atoms with Crippen molar-refractivity contribution in [2.24, 2.45) is 7.05 Å². The van der Waals surface area contributed by atoms with Crippen molar-refractivity contribution < 1.29 is 4.39 Å². The standard InChI is InChI=1S/C15H17ClFN3/c1-20-15(18)13(11-7-6-10(17)8-12(11)16)14(19-20)9-4-2-3-5-9/h6-9H,2-5,18H2,1H3. The van der Waals surface area contributed by atoms with Gasteiger partial charge in [-0.1, -0.05) is 24.4 Å². The van der Waals surface area contributed by atoms with Crippen molar-refractivity contribution in [1.29, 1.82) is 0 Å². The number of benzene rings is 1. The number of aromatic nitrogens is 2. The SMILES string of the molecule is Cn1nc(C2CCCC2)c(-c2ccc(F)cc2Cl)c1N. The number of nitrogens with zero attached hydrogens (tertiary/aromatic N) is 2. The average molecular weight is 294 g/mol. The summed E-state index contributed by atoms with van der Waals surface area (Å²) in [4.78, 5) is 0. The molecule has 106 valence electrons. The molecule has 2 N–H and O–H groups in total. The minimum absolute atomic E-state index is 0.344. The van der Waals surface area contributed by atoms with E-state index in [9.17, 15) is 4.39 Å². The average Bonchev–Trinajstić information content (AvgIpc) is 3.01. The van der Waals surface area contributed by atoms with Gasteiger partial charge in [0.2, 0.25) is 0 Å². The number of nitrogens with two attached hydrogens (primary N) is 1. The largest absolute Gasteiger partial charge is 0.383 e. The van der Waals surface area contributed by atoms with Crippen LogP contribution < -0.4 is 5.73 Å². The lowest BCUT2D eigenvalue weighted by atomic mass is 9.95. The molecule has 0 unspecified atom stereocenters. The van der Waals surface area contributed by atoms with Crippen LogP contribution in [-0.4, -0.2) is 9.78 Å². The fourth-order valence-corrected chi connectivity index (χ4v) is 3.27. The van der Waals surface area contributed by atoms with Gasteiger partial charge < -0.3 is 5.73 Å². The van der Waals surface area contributed by atoms with E-state index >= 15 is 0 Å². The van der Waals surface area contributed by atoms with Crippen LogP contribution in [0.1, 0.15) is 37.3 Å². The molecule has 0 radical (unpaired) electrons. The van der Waals surface area contributed by atoms with Crippen LogP contribution in [0.4, 0.5) is 10.2 Å². The molecule has 1 aromatic carbocycles. The third-order valence-electron chi connectivity index (χ3n) is 4.06. The molecule has 1 aliphatic carbocycles. The molecule has 20 heavy (non-hydrogen) atoms. The highest BCUT2D eigenvalue weighted by molar-refractivity contribution is 6.33. The van der Waals surface area contributed by atoms with Crippen LogP contribution >= 0.6 is 11.6 Å². The molecular formula is C15H17ClFN3. The topological polar surface area (TPSA) is 43.8 Å². The predicted octanol–water partition coefficient (Wildman–Crippen LogP) is 4.12. The van der Waals surface area contributed by atoms with E-state index < -0.39 is 0 Å². The maximum absolute atomic E-state index is 13.2. The number of hydrogen-bond acceptors (Lipinski definition) is 2. The maximum atomic E-state index is 13.2. The molecule has 5 heteroatoms. The lowest BCUT2D eigenvalue weighted by Crippen LogP contribution is -1.98. The quantitative estimate of drug-likeness (QED) is 0.905. The van der Waals surface area contributed by atoms with Crippen LogP contribution in [0.3, 0.4) is 0 Å². The Bertz CT molecular complexity index is 645. The van der Waals surface area contributed by atoms with E-state index in [4.69, 9.17) is 17.3 Å². The van der Waals surface area contributed by atoms with Gasteiger partial charge in [-0.05, 0) is 31.0 Å². The first-order valence-corrected chi connectivity index (χ1v) is 7.23. The Hall–Kier alpha value is -1.55. The van der Waals surface area contributed by atoms with E-state index in [1.165, 1.54) is 25.0 Å². The van der Waals surface area contributed by atoms with Crippen molar-refractivity contribution in [3.63, 3.8) is 0 Å². The fraction of sp³-hybridized carbons (Fsp3) is 0.400. The summed E-state index contributed by atoms with van der Waals surface area (Å²) in [7, 11) is 1.83. The first kappa shape index (κ1) is 13.4.